The molecule has 3 nitrogen and oxygen atoms in total. The van der Waals surface area contributed by atoms with Gasteiger partial charge >= 0.3 is 0 Å². The normalized spacial score (nSPS) is 13.4. The summed E-state index contributed by atoms with van der Waals surface area (Å²) in [4.78, 5) is 13.6. The Labute approximate surface area is 120 Å². The van der Waals surface area contributed by atoms with Crippen molar-refractivity contribution in [2.75, 3.05) is 7.05 Å². The Bertz CT molecular complexity index is 398. The first-order chi connectivity index (χ1) is 7.99. The summed E-state index contributed by atoms with van der Waals surface area (Å²) >= 11 is 6.11. The highest BCUT2D eigenvalue weighted by molar-refractivity contribution is 6.31. The van der Waals surface area contributed by atoms with Crippen LogP contribution in [0.4, 0.5) is 0 Å². The van der Waals surface area contributed by atoms with E-state index in [4.69, 9.17) is 17.3 Å². The van der Waals surface area contributed by atoms with Crippen LogP contribution < -0.4 is 5.73 Å². The van der Waals surface area contributed by atoms with Crippen LogP contribution in [0, 0.1) is 0 Å². The molecule has 1 aromatic rings. The predicted molar refractivity (Wildman–Crippen MR) is 78.2 cm³/mol. The Morgan fingerprint density at radius 3 is 2.50 bits per heavy atom. The number of nitrogens with two attached hydrogens (primary N) is 1. The number of likely N-dealkylation sites (N-methyl/N-ethyl adjacent to an activating group) is 1. The fourth-order valence-corrected chi connectivity index (χ4v) is 1.94. The summed E-state index contributed by atoms with van der Waals surface area (Å²) in [5.74, 6) is -0.0556. The van der Waals surface area contributed by atoms with Crippen LogP contribution in [0.2, 0.25) is 5.02 Å². The molecule has 0 aliphatic carbocycles. The first-order valence-electron chi connectivity index (χ1n) is 5.75. The maximum absolute atomic E-state index is 12.0. The molecule has 0 spiro atoms. The van der Waals surface area contributed by atoms with E-state index in [2.05, 4.69) is 0 Å². The third-order valence-corrected chi connectivity index (χ3v) is 3.39. The van der Waals surface area contributed by atoms with Crippen molar-refractivity contribution in [2.24, 2.45) is 5.73 Å². The highest BCUT2D eigenvalue weighted by Crippen LogP contribution is 2.26. The summed E-state index contributed by atoms with van der Waals surface area (Å²) in [6.45, 7) is 3.85. The van der Waals surface area contributed by atoms with Crippen LogP contribution in [0.15, 0.2) is 24.3 Å². The first kappa shape index (κ1) is 17.2. The van der Waals surface area contributed by atoms with Crippen molar-refractivity contribution in [3.63, 3.8) is 0 Å². The van der Waals surface area contributed by atoms with Gasteiger partial charge in [0.15, 0.2) is 0 Å². The van der Waals surface area contributed by atoms with Crippen molar-refractivity contribution >= 4 is 29.9 Å². The molecule has 2 N–H and O–H groups in total. The molecule has 102 valence electrons. The second kappa shape index (κ2) is 7.62. The second-order valence-electron chi connectivity index (χ2n) is 4.16. The van der Waals surface area contributed by atoms with Crippen molar-refractivity contribution < 1.29 is 4.79 Å². The van der Waals surface area contributed by atoms with E-state index in [0.29, 0.717) is 11.4 Å². The summed E-state index contributed by atoms with van der Waals surface area (Å²) in [6.07, 6.45) is 0.637. The van der Waals surface area contributed by atoms with E-state index in [1.807, 2.05) is 38.1 Å². The Morgan fingerprint density at radius 2 is 2.00 bits per heavy atom. The molecule has 0 saturated heterocycles. The molecule has 0 aliphatic rings. The number of benzene rings is 1. The van der Waals surface area contributed by atoms with E-state index in [1.54, 1.807) is 11.9 Å². The van der Waals surface area contributed by atoms with Gasteiger partial charge in [-0.1, -0.05) is 36.7 Å². The summed E-state index contributed by atoms with van der Waals surface area (Å²) < 4.78 is 0. The summed E-state index contributed by atoms with van der Waals surface area (Å²) in [6, 6.07) is 7.02. The molecule has 5 heteroatoms. The molecule has 0 radical (unpaired) electrons. The van der Waals surface area contributed by atoms with Crippen LogP contribution in [-0.4, -0.2) is 23.9 Å². The molecule has 18 heavy (non-hydrogen) atoms. The predicted octanol–water partition coefficient (Wildman–Crippen LogP) is 3.02. The Morgan fingerprint density at radius 1 is 1.44 bits per heavy atom. The number of hydrogen-bond acceptors (Lipinski definition) is 2. The van der Waals surface area contributed by atoms with Gasteiger partial charge in [-0.2, -0.15) is 0 Å². The number of rotatable bonds is 4. The van der Waals surface area contributed by atoms with E-state index in [9.17, 15) is 4.79 Å². The van der Waals surface area contributed by atoms with E-state index in [-0.39, 0.29) is 24.4 Å². The number of carbonyl (C=O) groups is 1. The van der Waals surface area contributed by atoms with Gasteiger partial charge in [0, 0.05) is 12.1 Å². The lowest BCUT2D eigenvalue weighted by molar-refractivity contribution is -0.133. The van der Waals surface area contributed by atoms with Crippen LogP contribution in [-0.2, 0) is 4.79 Å². The molecule has 0 heterocycles. The van der Waals surface area contributed by atoms with Gasteiger partial charge in [-0.3, -0.25) is 4.79 Å². The summed E-state index contributed by atoms with van der Waals surface area (Å²) in [5.41, 5.74) is 6.69. The van der Waals surface area contributed by atoms with E-state index < -0.39 is 6.04 Å². The largest absolute Gasteiger partial charge is 0.338 e. The first-order valence-corrected chi connectivity index (χ1v) is 6.13. The molecular weight excluding hydrogens is 271 g/mol. The van der Waals surface area contributed by atoms with Gasteiger partial charge in [0.25, 0.3) is 0 Å². The monoisotopic (exact) mass is 290 g/mol. The number of hydrogen-bond donors (Lipinski definition) is 1. The van der Waals surface area contributed by atoms with E-state index in [1.165, 1.54) is 0 Å². The van der Waals surface area contributed by atoms with Crippen LogP contribution in [0.1, 0.15) is 31.9 Å². The van der Waals surface area contributed by atoms with Crippen molar-refractivity contribution in [1.82, 2.24) is 4.90 Å². The molecule has 1 rings (SSSR count). The average Bonchev–Trinajstić information content (AvgIpc) is 2.35. The van der Waals surface area contributed by atoms with Gasteiger partial charge in [0.05, 0.1) is 12.1 Å². The molecule has 0 aliphatic heterocycles. The Balaban J connectivity index is 0.00000289. The third kappa shape index (κ3) is 3.87. The van der Waals surface area contributed by atoms with Crippen LogP contribution >= 0.6 is 24.0 Å². The van der Waals surface area contributed by atoms with Gasteiger partial charge in [-0.15, -0.1) is 12.4 Å². The van der Waals surface area contributed by atoms with Gasteiger partial charge < -0.3 is 10.6 Å². The lowest BCUT2D eigenvalue weighted by Gasteiger charge is -2.28. The van der Waals surface area contributed by atoms with E-state index >= 15 is 0 Å². The summed E-state index contributed by atoms with van der Waals surface area (Å²) in [7, 11) is 1.76. The number of nitrogens with zero attached hydrogens (tertiary/aromatic N) is 1. The topological polar surface area (TPSA) is 46.3 Å². The van der Waals surface area contributed by atoms with Gasteiger partial charge in [0.1, 0.15) is 0 Å². The minimum Gasteiger partial charge on any atom is -0.338 e. The van der Waals surface area contributed by atoms with Crippen LogP contribution in [0.25, 0.3) is 0 Å². The minimum absolute atomic E-state index is 0. The zero-order valence-electron chi connectivity index (χ0n) is 10.9. The molecule has 0 fully saturated rings. The fourth-order valence-electron chi connectivity index (χ4n) is 1.65. The molecule has 0 aromatic heterocycles. The van der Waals surface area contributed by atoms with Gasteiger partial charge in [-0.05, 0) is 25.0 Å². The molecule has 1 unspecified atom stereocenters. The fraction of sp³-hybridized carbons (Fsp3) is 0.462. The summed E-state index contributed by atoms with van der Waals surface area (Å²) in [5, 5.41) is 0.671. The third-order valence-electron chi connectivity index (χ3n) is 3.04. The van der Waals surface area contributed by atoms with E-state index in [0.717, 1.165) is 5.56 Å². The maximum Gasteiger partial charge on any atom is 0.239 e. The average molecular weight is 291 g/mol. The molecule has 2 atom stereocenters. The molecular formula is C13H20Cl2N2O. The molecule has 0 bridgehead atoms. The molecule has 1 amide bonds. The van der Waals surface area contributed by atoms with Crippen molar-refractivity contribution in [1.29, 1.82) is 0 Å². The lowest BCUT2D eigenvalue weighted by atomic mass is 10.1. The second-order valence-corrected chi connectivity index (χ2v) is 4.57. The van der Waals surface area contributed by atoms with Crippen LogP contribution in [0.3, 0.4) is 0 Å². The van der Waals surface area contributed by atoms with Crippen molar-refractivity contribution in [3.8, 4) is 0 Å². The van der Waals surface area contributed by atoms with Crippen LogP contribution in [0.5, 0.6) is 0 Å². The highest BCUT2D eigenvalue weighted by Gasteiger charge is 2.22. The molecule has 0 saturated carbocycles. The Hall–Kier alpha value is -0.770. The SMILES string of the molecule is CC[C@H](N)C(=O)N(C)C(C)c1ccccc1Cl.Cl. The van der Waals surface area contributed by atoms with Gasteiger partial charge in [-0.25, -0.2) is 0 Å². The maximum atomic E-state index is 12.0. The van der Waals surface area contributed by atoms with Crippen molar-refractivity contribution in [2.45, 2.75) is 32.4 Å². The smallest absolute Gasteiger partial charge is 0.239 e. The zero-order chi connectivity index (χ0) is 13.0. The quantitative estimate of drug-likeness (QED) is 0.927. The highest BCUT2D eigenvalue weighted by atomic mass is 35.5. The minimum atomic E-state index is -0.440. The Kier molecular flexibility index (Phi) is 7.29. The number of halogens is 2. The molecule has 1 aromatic carbocycles. The standard InChI is InChI=1S/C13H19ClN2O.ClH/c1-4-12(15)13(17)16(3)9(2)10-7-5-6-8-11(10)14;/h5-9,12H,4,15H2,1-3H3;1H/t9?,12-;/m0./s1. The lowest BCUT2D eigenvalue weighted by Crippen LogP contribution is -2.42. The van der Waals surface area contributed by atoms with Gasteiger partial charge in [0.2, 0.25) is 5.91 Å². The number of amides is 1. The zero-order valence-corrected chi connectivity index (χ0v) is 12.5. The number of carbonyl (C=O) groups excluding carboxylic acids is 1. The van der Waals surface area contributed by atoms with Crippen molar-refractivity contribution in [3.05, 3.63) is 34.9 Å².